The molecule has 4 rings (SSSR count). The van der Waals surface area contributed by atoms with Crippen molar-refractivity contribution in [2.75, 3.05) is 32.7 Å². The maximum absolute atomic E-state index is 12.4. The molecular weight excluding hydrogens is 370 g/mol. The van der Waals surface area contributed by atoms with E-state index in [0.717, 1.165) is 31.7 Å². The Morgan fingerprint density at radius 2 is 1.23 bits per heavy atom. The number of hydrogen-bond donors (Lipinski definition) is 3. The average molecular weight is 402 g/mol. The van der Waals surface area contributed by atoms with Crippen molar-refractivity contribution in [3.05, 3.63) is 108 Å². The van der Waals surface area contributed by atoms with E-state index in [2.05, 4.69) is 66.0 Å². The molecule has 0 atom stereocenters. The Balaban J connectivity index is 1.34. The minimum Gasteiger partial charge on any atom is -0.347 e. The van der Waals surface area contributed by atoms with Crippen molar-refractivity contribution in [3.8, 4) is 0 Å². The molecule has 3 aromatic rings. The molecule has 4 nitrogen and oxygen atoms in total. The molecular formula is C26H31N3O+2. The zero-order chi connectivity index (χ0) is 20.6. The molecule has 1 fully saturated rings. The van der Waals surface area contributed by atoms with Gasteiger partial charge in [0, 0.05) is 17.7 Å². The van der Waals surface area contributed by atoms with E-state index in [1.165, 1.54) is 16.0 Å². The van der Waals surface area contributed by atoms with Crippen LogP contribution in [0.3, 0.4) is 0 Å². The molecule has 0 unspecified atom stereocenters. The van der Waals surface area contributed by atoms with Crippen molar-refractivity contribution >= 4 is 5.91 Å². The highest BCUT2D eigenvalue weighted by Crippen LogP contribution is 2.18. The van der Waals surface area contributed by atoms with Crippen molar-refractivity contribution in [2.45, 2.75) is 12.6 Å². The van der Waals surface area contributed by atoms with Gasteiger partial charge in [0.1, 0.15) is 32.2 Å². The minimum absolute atomic E-state index is 0.139. The van der Waals surface area contributed by atoms with Crippen LogP contribution in [0.2, 0.25) is 0 Å². The van der Waals surface area contributed by atoms with Crippen LogP contribution in [-0.4, -0.2) is 38.6 Å². The van der Waals surface area contributed by atoms with Gasteiger partial charge in [-0.25, -0.2) is 0 Å². The number of carbonyl (C=O) groups is 1. The molecule has 3 aromatic carbocycles. The summed E-state index contributed by atoms with van der Waals surface area (Å²) < 4.78 is 0. The van der Waals surface area contributed by atoms with Crippen molar-refractivity contribution in [2.24, 2.45) is 0 Å². The highest BCUT2D eigenvalue weighted by Gasteiger charge is 2.32. The Bertz CT molecular complexity index is 867. The van der Waals surface area contributed by atoms with Crippen molar-refractivity contribution in [3.63, 3.8) is 0 Å². The zero-order valence-electron chi connectivity index (χ0n) is 17.4. The third kappa shape index (κ3) is 5.35. The summed E-state index contributed by atoms with van der Waals surface area (Å²) in [7, 11) is 0. The Labute approximate surface area is 179 Å². The summed E-state index contributed by atoms with van der Waals surface area (Å²) in [5.74, 6) is 0.139. The molecule has 1 amide bonds. The number of rotatable bonds is 7. The number of hydrogen-bond acceptors (Lipinski definition) is 1. The standard InChI is InChI=1S/C26H29N3O/c30-25(27-20-22-10-4-1-5-11-22)21-28-16-18-29(19-17-28)26(23-12-6-2-7-13-23)24-14-8-3-9-15-24/h1-15,26H,16-21H2,(H,27,30)/p+2. The molecule has 0 aliphatic carbocycles. The predicted octanol–water partition coefficient (Wildman–Crippen LogP) is 0.876. The summed E-state index contributed by atoms with van der Waals surface area (Å²) in [6.45, 7) is 5.33. The van der Waals surface area contributed by atoms with E-state index < -0.39 is 0 Å². The van der Waals surface area contributed by atoms with E-state index >= 15 is 0 Å². The predicted molar refractivity (Wildman–Crippen MR) is 119 cm³/mol. The fourth-order valence-corrected chi connectivity index (χ4v) is 4.43. The normalized spacial score (nSPS) is 18.8. The average Bonchev–Trinajstić information content (AvgIpc) is 2.81. The van der Waals surface area contributed by atoms with Gasteiger partial charge in [-0.2, -0.15) is 0 Å². The molecule has 1 saturated heterocycles. The molecule has 0 radical (unpaired) electrons. The van der Waals surface area contributed by atoms with Gasteiger partial charge >= 0.3 is 0 Å². The van der Waals surface area contributed by atoms with E-state index in [1.807, 2.05) is 30.3 Å². The molecule has 1 aliphatic heterocycles. The number of benzene rings is 3. The van der Waals surface area contributed by atoms with Crippen LogP contribution in [0.15, 0.2) is 91.0 Å². The van der Waals surface area contributed by atoms with E-state index in [4.69, 9.17) is 0 Å². The summed E-state index contributed by atoms with van der Waals surface area (Å²) in [5, 5.41) is 3.07. The fourth-order valence-electron chi connectivity index (χ4n) is 4.43. The van der Waals surface area contributed by atoms with Crippen LogP contribution in [0.25, 0.3) is 0 Å². The first-order chi connectivity index (χ1) is 14.8. The smallest absolute Gasteiger partial charge is 0.275 e. The summed E-state index contributed by atoms with van der Waals surface area (Å²) in [6, 6.07) is 32.1. The van der Waals surface area contributed by atoms with Gasteiger partial charge in [-0.15, -0.1) is 0 Å². The van der Waals surface area contributed by atoms with Crippen molar-refractivity contribution < 1.29 is 14.6 Å². The molecule has 0 bridgehead atoms. The van der Waals surface area contributed by atoms with Crippen LogP contribution in [0.5, 0.6) is 0 Å². The molecule has 1 aliphatic rings. The lowest BCUT2D eigenvalue weighted by molar-refractivity contribution is -1.02. The zero-order valence-corrected chi connectivity index (χ0v) is 17.4. The van der Waals surface area contributed by atoms with Gasteiger partial charge in [0.25, 0.3) is 5.91 Å². The lowest BCUT2D eigenvalue weighted by atomic mass is 9.96. The van der Waals surface area contributed by atoms with Crippen LogP contribution in [-0.2, 0) is 11.3 Å². The van der Waals surface area contributed by atoms with Crippen LogP contribution in [0.4, 0.5) is 0 Å². The van der Waals surface area contributed by atoms with E-state index in [9.17, 15) is 4.79 Å². The summed E-state index contributed by atoms with van der Waals surface area (Å²) >= 11 is 0. The van der Waals surface area contributed by atoms with Gasteiger partial charge in [-0.1, -0.05) is 91.0 Å². The number of nitrogens with one attached hydrogen (secondary N) is 3. The highest BCUT2D eigenvalue weighted by molar-refractivity contribution is 5.76. The Morgan fingerprint density at radius 1 is 0.733 bits per heavy atom. The first-order valence-electron chi connectivity index (χ1n) is 10.9. The quantitative estimate of drug-likeness (QED) is 0.540. The maximum atomic E-state index is 12.4. The number of quaternary nitrogens is 2. The monoisotopic (exact) mass is 401 g/mol. The second-order valence-corrected chi connectivity index (χ2v) is 8.10. The molecule has 4 heteroatoms. The van der Waals surface area contributed by atoms with Crippen molar-refractivity contribution in [1.82, 2.24) is 5.32 Å². The first kappa shape index (κ1) is 20.3. The molecule has 0 spiro atoms. The highest BCUT2D eigenvalue weighted by atomic mass is 16.2. The van der Waals surface area contributed by atoms with Gasteiger partial charge in [0.05, 0.1) is 0 Å². The van der Waals surface area contributed by atoms with E-state index in [1.54, 1.807) is 4.90 Å². The minimum atomic E-state index is 0.139. The van der Waals surface area contributed by atoms with Crippen molar-refractivity contribution in [1.29, 1.82) is 0 Å². The van der Waals surface area contributed by atoms with Gasteiger partial charge in [0.15, 0.2) is 6.54 Å². The largest absolute Gasteiger partial charge is 0.347 e. The lowest BCUT2D eigenvalue weighted by Gasteiger charge is -2.35. The third-order valence-corrected chi connectivity index (χ3v) is 6.02. The second kappa shape index (κ2) is 10.2. The van der Waals surface area contributed by atoms with Crippen LogP contribution >= 0.6 is 0 Å². The SMILES string of the molecule is O=C(C[NH+]1CC[NH+](C(c2ccccc2)c2ccccc2)CC1)NCc1ccccc1. The second-order valence-electron chi connectivity index (χ2n) is 8.10. The van der Waals surface area contributed by atoms with E-state index in [-0.39, 0.29) is 5.91 Å². The topological polar surface area (TPSA) is 38.0 Å². The third-order valence-electron chi connectivity index (χ3n) is 6.02. The summed E-state index contributed by atoms with van der Waals surface area (Å²) in [4.78, 5) is 15.4. The summed E-state index contributed by atoms with van der Waals surface area (Å²) in [5.41, 5.74) is 3.87. The van der Waals surface area contributed by atoms with Gasteiger partial charge in [-0.05, 0) is 5.56 Å². The number of piperazine rings is 1. The van der Waals surface area contributed by atoms with Gasteiger partial charge in [-0.3, -0.25) is 4.79 Å². The number of amides is 1. The Hall–Kier alpha value is -2.95. The van der Waals surface area contributed by atoms with E-state index in [0.29, 0.717) is 19.1 Å². The summed E-state index contributed by atoms with van der Waals surface area (Å²) in [6.07, 6.45) is 0. The molecule has 1 heterocycles. The lowest BCUT2D eigenvalue weighted by Crippen LogP contribution is -3.28. The first-order valence-corrected chi connectivity index (χ1v) is 10.9. The van der Waals surface area contributed by atoms with Crippen LogP contribution in [0.1, 0.15) is 22.7 Å². The molecule has 154 valence electrons. The maximum Gasteiger partial charge on any atom is 0.275 e. The number of carbonyl (C=O) groups excluding carboxylic acids is 1. The van der Waals surface area contributed by atoms with Gasteiger partial charge < -0.3 is 15.1 Å². The molecule has 30 heavy (non-hydrogen) atoms. The van der Waals surface area contributed by atoms with Gasteiger partial charge in [0.2, 0.25) is 0 Å². The van der Waals surface area contributed by atoms with Crippen LogP contribution in [0, 0.1) is 0 Å². The molecule has 0 saturated carbocycles. The molecule has 0 aromatic heterocycles. The van der Waals surface area contributed by atoms with Crippen LogP contribution < -0.4 is 15.1 Å². The fraction of sp³-hybridized carbons (Fsp3) is 0.269. The molecule has 3 N–H and O–H groups in total. The Morgan fingerprint density at radius 3 is 1.77 bits per heavy atom. The Kier molecular flexibility index (Phi) is 6.91.